The van der Waals surface area contributed by atoms with Crippen LogP contribution >= 0.6 is 0 Å². The first-order chi connectivity index (χ1) is 7.05. The molecule has 0 saturated carbocycles. The fraction of sp³-hybridized carbons (Fsp3) is 1.00. The molecule has 1 fully saturated rings. The van der Waals surface area contributed by atoms with E-state index in [9.17, 15) is 5.11 Å². The molecule has 0 aromatic rings. The van der Waals surface area contributed by atoms with E-state index in [1.807, 2.05) is 0 Å². The highest BCUT2D eigenvalue weighted by molar-refractivity contribution is 4.81. The zero-order valence-corrected chi connectivity index (χ0v) is 10.3. The molecule has 1 aliphatic heterocycles. The van der Waals surface area contributed by atoms with Crippen molar-refractivity contribution in [2.45, 2.75) is 63.7 Å². The number of aliphatic hydroxyl groups excluding tert-OH is 1. The topological polar surface area (TPSA) is 41.5 Å². The van der Waals surface area contributed by atoms with E-state index in [1.54, 1.807) is 7.11 Å². The number of ether oxygens (including phenoxy) is 1. The first-order valence-electron chi connectivity index (χ1n) is 6.02. The third-order valence-electron chi connectivity index (χ3n) is 3.41. The minimum Gasteiger partial charge on any atom is -0.392 e. The van der Waals surface area contributed by atoms with Gasteiger partial charge in [0.25, 0.3) is 0 Å². The van der Waals surface area contributed by atoms with Gasteiger partial charge in [-0.2, -0.15) is 0 Å². The molecule has 3 heteroatoms. The van der Waals surface area contributed by atoms with Crippen molar-refractivity contribution in [2.75, 3.05) is 13.7 Å². The summed E-state index contributed by atoms with van der Waals surface area (Å²) in [7, 11) is 1.73. The summed E-state index contributed by atoms with van der Waals surface area (Å²) in [4.78, 5) is 0. The lowest BCUT2D eigenvalue weighted by molar-refractivity contribution is -0.00227. The van der Waals surface area contributed by atoms with Crippen LogP contribution in [0.1, 0.15) is 46.0 Å². The largest absolute Gasteiger partial charge is 0.392 e. The third kappa shape index (κ3) is 4.49. The molecule has 2 atom stereocenters. The molecule has 3 nitrogen and oxygen atoms in total. The van der Waals surface area contributed by atoms with Crippen LogP contribution in [0.15, 0.2) is 0 Å². The Hall–Kier alpha value is -0.120. The van der Waals surface area contributed by atoms with Gasteiger partial charge in [0.15, 0.2) is 0 Å². The Morgan fingerprint density at radius 2 is 2.20 bits per heavy atom. The Bertz CT molecular complexity index is 176. The van der Waals surface area contributed by atoms with Gasteiger partial charge in [-0.25, -0.2) is 0 Å². The molecule has 15 heavy (non-hydrogen) atoms. The number of rotatable bonds is 5. The van der Waals surface area contributed by atoms with Crippen LogP contribution in [-0.2, 0) is 4.74 Å². The maximum absolute atomic E-state index is 10.0. The molecule has 1 saturated heterocycles. The SMILES string of the molecule is COC(C)(C)CCC(O)C1CCCCN1. The lowest BCUT2D eigenvalue weighted by Crippen LogP contribution is -2.43. The predicted molar refractivity (Wildman–Crippen MR) is 62.0 cm³/mol. The fourth-order valence-electron chi connectivity index (χ4n) is 2.01. The number of nitrogens with one attached hydrogen (secondary N) is 1. The molecule has 1 heterocycles. The second kappa shape index (κ2) is 5.83. The van der Waals surface area contributed by atoms with Gasteiger partial charge in [-0.15, -0.1) is 0 Å². The van der Waals surface area contributed by atoms with Crippen molar-refractivity contribution in [3.05, 3.63) is 0 Å². The molecule has 2 N–H and O–H groups in total. The minimum absolute atomic E-state index is 0.115. The Morgan fingerprint density at radius 1 is 1.47 bits per heavy atom. The summed E-state index contributed by atoms with van der Waals surface area (Å²) >= 11 is 0. The minimum atomic E-state index is -0.222. The van der Waals surface area contributed by atoms with Crippen LogP contribution in [0.2, 0.25) is 0 Å². The molecular weight excluding hydrogens is 190 g/mol. The lowest BCUT2D eigenvalue weighted by Gasteiger charge is -2.30. The van der Waals surface area contributed by atoms with Crippen LogP contribution in [0.5, 0.6) is 0 Å². The summed E-state index contributed by atoms with van der Waals surface area (Å²) in [5.74, 6) is 0. The van der Waals surface area contributed by atoms with Crippen molar-refractivity contribution in [3.8, 4) is 0 Å². The van der Waals surface area contributed by atoms with Crippen LogP contribution < -0.4 is 5.32 Å². The Balaban J connectivity index is 2.25. The number of hydrogen-bond donors (Lipinski definition) is 2. The average molecular weight is 215 g/mol. The van der Waals surface area contributed by atoms with Crippen LogP contribution in [-0.4, -0.2) is 36.5 Å². The molecule has 0 radical (unpaired) electrons. The van der Waals surface area contributed by atoms with E-state index in [2.05, 4.69) is 19.2 Å². The van der Waals surface area contributed by atoms with Crippen LogP contribution in [0.4, 0.5) is 0 Å². The summed E-state index contributed by atoms with van der Waals surface area (Å²) in [6.07, 6.45) is 5.09. The smallest absolute Gasteiger partial charge is 0.0694 e. The van der Waals surface area contributed by atoms with Crippen molar-refractivity contribution < 1.29 is 9.84 Å². The van der Waals surface area contributed by atoms with Gasteiger partial charge in [0.1, 0.15) is 0 Å². The lowest BCUT2D eigenvalue weighted by atomic mass is 9.93. The molecular formula is C12H25NO2. The van der Waals surface area contributed by atoms with Crippen molar-refractivity contribution in [2.24, 2.45) is 0 Å². The Labute approximate surface area is 93.2 Å². The number of methoxy groups -OCH3 is 1. The van der Waals surface area contributed by atoms with Gasteiger partial charge in [-0.05, 0) is 46.1 Å². The highest BCUT2D eigenvalue weighted by Crippen LogP contribution is 2.20. The van der Waals surface area contributed by atoms with Crippen molar-refractivity contribution in [1.29, 1.82) is 0 Å². The summed E-state index contributed by atoms with van der Waals surface area (Å²) in [6, 6.07) is 0.298. The molecule has 0 aliphatic carbocycles. The summed E-state index contributed by atoms with van der Waals surface area (Å²) in [6.45, 7) is 5.18. The van der Waals surface area contributed by atoms with E-state index in [0.29, 0.717) is 6.04 Å². The van der Waals surface area contributed by atoms with Crippen LogP contribution in [0.3, 0.4) is 0 Å². The fourth-order valence-corrected chi connectivity index (χ4v) is 2.01. The first-order valence-corrected chi connectivity index (χ1v) is 6.02. The zero-order chi connectivity index (χ0) is 11.3. The maximum Gasteiger partial charge on any atom is 0.0694 e. The Kier molecular flexibility index (Phi) is 5.03. The van der Waals surface area contributed by atoms with E-state index in [1.165, 1.54) is 12.8 Å². The quantitative estimate of drug-likeness (QED) is 0.733. The highest BCUT2D eigenvalue weighted by Gasteiger charge is 2.24. The average Bonchev–Trinajstić information content (AvgIpc) is 2.27. The molecule has 2 unspecified atom stereocenters. The molecule has 90 valence electrons. The number of hydrogen-bond acceptors (Lipinski definition) is 3. The van der Waals surface area contributed by atoms with Gasteiger partial charge in [-0.1, -0.05) is 6.42 Å². The second-order valence-electron chi connectivity index (χ2n) is 5.13. The molecule has 0 amide bonds. The van der Waals surface area contributed by atoms with Gasteiger partial charge >= 0.3 is 0 Å². The first kappa shape index (κ1) is 12.9. The van der Waals surface area contributed by atoms with E-state index in [4.69, 9.17) is 4.74 Å². The maximum atomic E-state index is 10.0. The van der Waals surface area contributed by atoms with Gasteiger partial charge in [0.05, 0.1) is 11.7 Å². The molecule has 0 aromatic heterocycles. The van der Waals surface area contributed by atoms with Crippen molar-refractivity contribution >= 4 is 0 Å². The van der Waals surface area contributed by atoms with E-state index in [-0.39, 0.29) is 11.7 Å². The van der Waals surface area contributed by atoms with E-state index >= 15 is 0 Å². The van der Waals surface area contributed by atoms with Crippen LogP contribution in [0, 0.1) is 0 Å². The van der Waals surface area contributed by atoms with E-state index < -0.39 is 0 Å². The summed E-state index contributed by atoms with van der Waals surface area (Å²) in [5, 5.41) is 13.4. The van der Waals surface area contributed by atoms with Gasteiger partial charge < -0.3 is 15.2 Å². The van der Waals surface area contributed by atoms with Crippen molar-refractivity contribution in [1.82, 2.24) is 5.32 Å². The normalized spacial score (nSPS) is 25.2. The molecule has 1 aliphatic rings. The molecule has 0 aromatic carbocycles. The predicted octanol–water partition coefficient (Wildman–Crippen LogP) is 1.69. The van der Waals surface area contributed by atoms with E-state index in [0.717, 1.165) is 25.8 Å². The number of piperidine rings is 1. The van der Waals surface area contributed by atoms with Crippen molar-refractivity contribution in [3.63, 3.8) is 0 Å². The molecule has 0 bridgehead atoms. The third-order valence-corrected chi connectivity index (χ3v) is 3.41. The van der Waals surface area contributed by atoms with Gasteiger partial charge in [0.2, 0.25) is 0 Å². The summed E-state index contributed by atoms with van der Waals surface area (Å²) in [5.41, 5.74) is -0.115. The molecule has 1 rings (SSSR count). The monoisotopic (exact) mass is 215 g/mol. The van der Waals surface area contributed by atoms with Crippen LogP contribution in [0.25, 0.3) is 0 Å². The Morgan fingerprint density at radius 3 is 2.73 bits per heavy atom. The zero-order valence-electron chi connectivity index (χ0n) is 10.3. The second-order valence-corrected chi connectivity index (χ2v) is 5.13. The number of aliphatic hydroxyl groups is 1. The van der Waals surface area contributed by atoms with Gasteiger partial charge in [0, 0.05) is 13.2 Å². The highest BCUT2D eigenvalue weighted by atomic mass is 16.5. The summed E-state index contributed by atoms with van der Waals surface area (Å²) < 4.78 is 5.34. The molecule has 0 spiro atoms. The standard InChI is InChI=1S/C12H25NO2/c1-12(2,15-3)8-7-11(14)10-6-4-5-9-13-10/h10-11,13-14H,4-9H2,1-3H3. The van der Waals surface area contributed by atoms with Gasteiger partial charge in [-0.3, -0.25) is 0 Å².